The van der Waals surface area contributed by atoms with E-state index in [0.29, 0.717) is 25.1 Å². The third-order valence-corrected chi connectivity index (χ3v) is 7.42. The van der Waals surface area contributed by atoms with E-state index in [-0.39, 0.29) is 10.9 Å². The topological polar surface area (TPSA) is 95.1 Å². The third kappa shape index (κ3) is 3.67. The number of hydrogen-bond acceptors (Lipinski definition) is 6. The molecule has 2 aromatic heterocycles. The maximum absolute atomic E-state index is 13.1. The second kappa shape index (κ2) is 7.89. The molecule has 0 spiro atoms. The fourth-order valence-electron chi connectivity index (χ4n) is 3.79. The van der Waals surface area contributed by atoms with Crippen molar-refractivity contribution >= 4 is 15.7 Å². The number of likely N-dealkylation sites (N-methyl/N-ethyl adjacent to an activating group) is 1. The van der Waals surface area contributed by atoms with Gasteiger partial charge in [-0.3, -0.25) is 4.98 Å². The number of nitrogens with zero attached hydrogens (tertiary/aromatic N) is 6. The molecule has 0 aliphatic carbocycles. The predicted octanol–water partition coefficient (Wildman–Crippen LogP) is 1.94. The molecule has 0 N–H and O–H groups in total. The van der Waals surface area contributed by atoms with Crippen LogP contribution in [0.3, 0.4) is 0 Å². The van der Waals surface area contributed by atoms with E-state index in [4.69, 9.17) is 0 Å². The van der Waals surface area contributed by atoms with Crippen LogP contribution in [0.4, 0.5) is 5.69 Å². The summed E-state index contributed by atoms with van der Waals surface area (Å²) in [5.41, 5.74) is 3.55. The summed E-state index contributed by atoms with van der Waals surface area (Å²) in [5, 5.41) is 9.31. The minimum absolute atomic E-state index is 0.169. The molecule has 1 unspecified atom stereocenters. The lowest BCUT2D eigenvalue weighted by atomic mass is 9.96. The van der Waals surface area contributed by atoms with Crippen molar-refractivity contribution in [3.8, 4) is 6.07 Å². The summed E-state index contributed by atoms with van der Waals surface area (Å²) < 4.78 is 29.7. The van der Waals surface area contributed by atoms with Gasteiger partial charge in [-0.2, -0.15) is 9.57 Å². The molecule has 30 heavy (non-hydrogen) atoms. The number of aromatic nitrogens is 3. The smallest absolute Gasteiger partial charge is 0.244 e. The zero-order valence-corrected chi connectivity index (χ0v) is 17.6. The van der Waals surface area contributed by atoms with Crippen molar-refractivity contribution in [3.63, 3.8) is 0 Å². The summed E-state index contributed by atoms with van der Waals surface area (Å²) in [7, 11) is -0.150. The molecule has 1 atom stereocenters. The number of pyridine rings is 1. The van der Waals surface area contributed by atoms with Crippen LogP contribution in [0.15, 0.2) is 60.1 Å². The van der Waals surface area contributed by atoms with E-state index in [1.165, 1.54) is 10.5 Å². The van der Waals surface area contributed by atoms with E-state index in [2.05, 4.69) is 20.9 Å². The lowest BCUT2D eigenvalue weighted by molar-refractivity contribution is 0.353. The molecule has 3 aromatic rings. The van der Waals surface area contributed by atoms with Crippen LogP contribution in [0.25, 0.3) is 0 Å². The number of aryl methyl sites for hydroxylation is 1. The molecule has 0 saturated carbocycles. The highest BCUT2D eigenvalue weighted by Crippen LogP contribution is 2.32. The number of anilines is 1. The molecule has 0 saturated heterocycles. The fraction of sp³-hybridized carbons (Fsp3) is 0.286. The van der Waals surface area contributed by atoms with Crippen LogP contribution in [-0.2, 0) is 30.0 Å². The fourth-order valence-corrected chi connectivity index (χ4v) is 5.10. The molecular formula is C21H22N6O2S. The molecule has 0 radical (unpaired) electrons. The Hall–Kier alpha value is -3.22. The molecule has 1 aliphatic rings. The Morgan fingerprint density at radius 3 is 2.77 bits per heavy atom. The summed E-state index contributed by atoms with van der Waals surface area (Å²) in [6.45, 7) is 1.12. The van der Waals surface area contributed by atoms with E-state index >= 15 is 0 Å². The quantitative estimate of drug-likeness (QED) is 0.624. The van der Waals surface area contributed by atoms with Crippen molar-refractivity contribution in [1.29, 1.82) is 5.26 Å². The number of fused-ring (bicyclic) bond motifs is 1. The second-order valence-corrected chi connectivity index (χ2v) is 9.40. The average Bonchev–Trinajstić information content (AvgIpc) is 3.17. The number of hydrogen-bond donors (Lipinski definition) is 0. The summed E-state index contributed by atoms with van der Waals surface area (Å²) >= 11 is 0. The molecule has 8 nitrogen and oxygen atoms in total. The van der Waals surface area contributed by atoms with Crippen LogP contribution in [-0.4, -0.2) is 46.9 Å². The van der Waals surface area contributed by atoms with Gasteiger partial charge in [0.1, 0.15) is 4.90 Å². The highest BCUT2D eigenvalue weighted by molar-refractivity contribution is 7.89. The van der Waals surface area contributed by atoms with Gasteiger partial charge in [0.15, 0.2) is 0 Å². The zero-order valence-electron chi connectivity index (χ0n) is 16.8. The minimum atomic E-state index is -3.69. The molecule has 0 bridgehead atoms. The summed E-state index contributed by atoms with van der Waals surface area (Å²) in [5.74, 6) is 0. The van der Waals surface area contributed by atoms with Crippen LogP contribution in [0.2, 0.25) is 0 Å². The van der Waals surface area contributed by atoms with Crippen LogP contribution in [0.5, 0.6) is 0 Å². The largest absolute Gasteiger partial charge is 0.364 e. The number of benzene rings is 1. The third-order valence-electron chi connectivity index (χ3n) is 5.53. The van der Waals surface area contributed by atoms with Crippen molar-refractivity contribution in [2.45, 2.75) is 23.9 Å². The van der Waals surface area contributed by atoms with Gasteiger partial charge >= 0.3 is 0 Å². The Labute approximate surface area is 176 Å². The lowest BCUT2D eigenvalue weighted by Crippen LogP contribution is -2.49. The molecular weight excluding hydrogens is 400 g/mol. The van der Waals surface area contributed by atoms with Gasteiger partial charge in [0, 0.05) is 51.0 Å². The second-order valence-electron chi connectivity index (χ2n) is 7.40. The van der Waals surface area contributed by atoms with Gasteiger partial charge < -0.3 is 9.47 Å². The highest BCUT2D eigenvalue weighted by atomic mass is 32.2. The van der Waals surface area contributed by atoms with Crippen molar-refractivity contribution in [2.75, 3.05) is 18.5 Å². The summed E-state index contributed by atoms with van der Waals surface area (Å²) in [6.07, 6.45) is 7.00. The van der Waals surface area contributed by atoms with Gasteiger partial charge in [0.2, 0.25) is 10.0 Å². The summed E-state index contributed by atoms with van der Waals surface area (Å²) in [6, 6.07) is 10.6. The Balaban J connectivity index is 1.70. The Morgan fingerprint density at radius 2 is 2.10 bits per heavy atom. The monoisotopic (exact) mass is 422 g/mol. The van der Waals surface area contributed by atoms with Gasteiger partial charge in [-0.25, -0.2) is 13.4 Å². The van der Waals surface area contributed by atoms with Crippen LogP contribution in [0, 0.1) is 11.3 Å². The lowest BCUT2D eigenvalue weighted by Gasteiger charge is -2.39. The first kappa shape index (κ1) is 20.1. The molecule has 4 rings (SSSR count). The zero-order chi connectivity index (χ0) is 21.3. The number of sulfonamides is 1. The van der Waals surface area contributed by atoms with Gasteiger partial charge in [-0.05, 0) is 42.3 Å². The van der Waals surface area contributed by atoms with E-state index in [1.54, 1.807) is 37.8 Å². The van der Waals surface area contributed by atoms with Crippen LogP contribution in [0.1, 0.15) is 16.8 Å². The van der Waals surface area contributed by atoms with E-state index in [0.717, 1.165) is 16.9 Å². The minimum Gasteiger partial charge on any atom is -0.364 e. The normalized spacial score (nSPS) is 16.3. The van der Waals surface area contributed by atoms with Gasteiger partial charge in [-0.1, -0.05) is 0 Å². The summed E-state index contributed by atoms with van der Waals surface area (Å²) in [4.78, 5) is 10.5. The standard InChI is InChI=1S/C21H22N6O2S/c1-25-15-24-11-19(25)14-27-13-18(9-17-8-16(10-22)5-6-21(17)27)26(2)30(28,29)20-4-3-7-23-12-20/h3-8,11-12,15,18H,9,13-14H2,1-2H3. The molecule has 9 heteroatoms. The van der Waals surface area contributed by atoms with Crippen LogP contribution >= 0.6 is 0 Å². The average molecular weight is 423 g/mol. The van der Waals surface area contributed by atoms with Crippen molar-refractivity contribution in [3.05, 3.63) is 72.1 Å². The first-order valence-electron chi connectivity index (χ1n) is 9.51. The Kier molecular flexibility index (Phi) is 5.28. The Morgan fingerprint density at radius 1 is 1.27 bits per heavy atom. The maximum atomic E-state index is 13.1. The van der Waals surface area contributed by atoms with Gasteiger partial charge in [-0.15, -0.1) is 0 Å². The number of imidazole rings is 1. The van der Waals surface area contributed by atoms with E-state index in [9.17, 15) is 13.7 Å². The molecule has 0 fully saturated rings. The maximum Gasteiger partial charge on any atom is 0.244 e. The first-order chi connectivity index (χ1) is 14.4. The molecule has 1 aromatic carbocycles. The number of rotatable bonds is 5. The predicted molar refractivity (Wildman–Crippen MR) is 112 cm³/mol. The molecule has 154 valence electrons. The van der Waals surface area contributed by atoms with E-state index < -0.39 is 10.0 Å². The molecule has 0 amide bonds. The van der Waals surface area contributed by atoms with Gasteiger partial charge in [0.25, 0.3) is 0 Å². The van der Waals surface area contributed by atoms with Crippen molar-refractivity contribution in [2.24, 2.45) is 7.05 Å². The van der Waals surface area contributed by atoms with Crippen molar-refractivity contribution in [1.82, 2.24) is 18.8 Å². The first-order valence-corrected chi connectivity index (χ1v) is 11.0. The highest BCUT2D eigenvalue weighted by Gasteiger charge is 2.34. The molecule has 3 heterocycles. The Bertz CT molecular complexity index is 1200. The van der Waals surface area contributed by atoms with Gasteiger partial charge in [0.05, 0.1) is 30.2 Å². The number of nitriles is 1. The molecule has 1 aliphatic heterocycles. The van der Waals surface area contributed by atoms with Crippen molar-refractivity contribution < 1.29 is 8.42 Å². The SMILES string of the molecule is CN(C1Cc2cc(C#N)ccc2N(Cc2cncn2C)C1)S(=O)(=O)c1cccnc1. The van der Waals surface area contributed by atoms with E-state index in [1.807, 2.05) is 29.9 Å². The van der Waals surface area contributed by atoms with Crippen LogP contribution < -0.4 is 4.90 Å².